The molecule has 1 saturated heterocycles. The average molecular weight is 385 g/mol. The largest absolute Gasteiger partial charge is 0.341 e. The summed E-state index contributed by atoms with van der Waals surface area (Å²) in [6.07, 6.45) is 8.15. The summed E-state index contributed by atoms with van der Waals surface area (Å²) in [5, 5.41) is 3.78. The van der Waals surface area contributed by atoms with Gasteiger partial charge in [0.1, 0.15) is 6.04 Å². The Morgan fingerprint density at radius 2 is 1.88 bits per heavy atom. The minimum Gasteiger partial charge on any atom is -0.341 e. The third kappa shape index (κ3) is 4.62. The maximum atomic E-state index is 12.7. The molecule has 1 aliphatic heterocycles. The molecule has 0 radical (unpaired) electrons. The molecule has 146 valence electrons. The van der Waals surface area contributed by atoms with Crippen LogP contribution in [-0.4, -0.2) is 59.6 Å². The van der Waals surface area contributed by atoms with Crippen molar-refractivity contribution < 1.29 is 17.7 Å². The van der Waals surface area contributed by atoms with Gasteiger partial charge < -0.3 is 9.42 Å². The Labute approximate surface area is 155 Å². The lowest BCUT2D eigenvalue weighted by Gasteiger charge is -2.26. The Bertz CT molecular complexity index is 727. The zero-order valence-corrected chi connectivity index (χ0v) is 16.4. The molecule has 1 unspecified atom stereocenters. The molecule has 0 bridgehead atoms. The quantitative estimate of drug-likeness (QED) is 0.786. The monoisotopic (exact) mass is 384 g/mol. The van der Waals surface area contributed by atoms with Gasteiger partial charge in [0.15, 0.2) is 5.82 Å². The Balaban J connectivity index is 1.71. The van der Waals surface area contributed by atoms with Gasteiger partial charge >= 0.3 is 0 Å². The van der Waals surface area contributed by atoms with E-state index in [1.807, 2.05) is 0 Å². The van der Waals surface area contributed by atoms with Crippen LogP contribution in [0.25, 0.3) is 0 Å². The standard InChI is InChI=1S/C17H28N4O4S/c1-13-18-17(25-19-13)15-8-9-20(10-11-21(15)26(2,23)24)16(22)12-14-6-4-3-5-7-14/h14-15H,3-12H2,1-2H3. The number of hydrogen-bond acceptors (Lipinski definition) is 6. The number of carbonyl (C=O) groups excluding carboxylic acids is 1. The fraction of sp³-hybridized carbons (Fsp3) is 0.824. The van der Waals surface area contributed by atoms with E-state index in [1.54, 1.807) is 11.8 Å². The second-order valence-electron chi connectivity index (χ2n) is 7.45. The highest BCUT2D eigenvalue weighted by Crippen LogP contribution is 2.30. The minimum atomic E-state index is -3.45. The molecule has 3 rings (SSSR count). The second kappa shape index (κ2) is 8.04. The lowest BCUT2D eigenvalue weighted by molar-refractivity contribution is -0.132. The molecular weight excluding hydrogens is 356 g/mol. The number of aryl methyl sites for hydroxylation is 1. The van der Waals surface area contributed by atoms with Crippen LogP contribution < -0.4 is 0 Å². The Morgan fingerprint density at radius 1 is 1.15 bits per heavy atom. The number of amides is 1. The number of hydrogen-bond donors (Lipinski definition) is 0. The van der Waals surface area contributed by atoms with Crippen molar-refractivity contribution in [3.8, 4) is 0 Å². The molecule has 0 N–H and O–H groups in total. The summed E-state index contributed by atoms with van der Waals surface area (Å²) in [5.74, 6) is 1.38. The van der Waals surface area contributed by atoms with E-state index in [0.29, 0.717) is 43.6 Å². The highest BCUT2D eigenvalue weighted by Gasteiger charge is 2.36. The van der Waals surface area contributed by atoms with E-state index >= 15 is 0 Å². The van der Waals surface area contributed by atoms with Gasteiger partial charge in [0.05, 0.1) is 6.26 Å². The molecule has 2 fully saturated rings. The second-order valence-corrected chi connectivity index (χ2v) is 9.38. The first-order valence-corrected chi connectivity index (χ1v) is 11.2. The van der Waals surface area contributed by atoms with Crippen molar-refractivity contribution in [2.45, 2.75) is 57.9 Å². The molecule has 1 aromatic rings. The SMILES string of the molecule is Cc1noc(C2CCN(C(=O)CC3CCCCC3)CCN2S(C)(=O)=O)n1. The van der Waals surface area contributed by atoms with Gasteiger partial charge in [-0.2, -0.15) is 9.29 Å². The van der Waals surface area contributed by atoms with E-state index in [1.165, 1.54) is 29.8 Å². The van der Waals surface area contributed by atoms with Crippen LogP contribution >= 0.6 is 0 Å². The number of nitrogens with zero attached hydrogens (tertiary/aromatic N) is 4. The maximum absolute atomic E-state index is 12.7. The van der Waals surface area contributed by atoms with Crippen molar-refractivity contribution in [1.82, 2.24) is 19.3 Å². The molecule has 2 heterocycles. The molecule has 1 aromatic heterocycles. The number of carbonyl (C=O) groups is 1. The smallest absolute Gasteiger partial charge is 0.245 e. The first kappa shape index (κ1) is 19.3. The van der Waals surface area contributed by atoms with Gasteiger partial charge in [-0.1, -0.05) is 24.4 Å². The van der Waals surface area contributed by atoms with Gasteiger partial charge in [-0.25, -0.2) is 8.42 Å². The molecule has 1 aliphatic carbocycles. The van der Waals surface area contributed by atoms with Crippen molar-refractivity contribution >= 4 is 15.9 Å². The first-order valence-electron chi connectivity index (χ1n) is 9.39. The predicted octanol–water partition coefficient (Wildman–Crippen LogP) is 1.88. The third-order valence-electron chi connectivity index (χ3n) is 5.41. The molecule has 0 spiro atoms. The normalized spacial score (nSPS) is 23.8. The molecule has 9 heteroatoms. The molecule has 1 atom stereocenters. The Hall–Kier alpha value is -1.48. The van der Waals surface area contributed by atoms with E-state index in [2.05, 4.69) is 10.1 Å². The number of sulfonamides is 1. The van der Waals surface area contributed by atoms with E-state index in [9.17, 15) is 13.2 Å². The van der Waals surface area contributed by atoms with Crippen molar-refractivity contribution in [3.05, 3.63) is 11.7 Å². The Kier molecular flexibility index (Phi) is 5.96. The van der Waals surface area contributed by atoms with Crippen LogP contribution in [0, 0.1) is 12.8 Å². The van der Waals surface area contributed by atoms with E-state index in [4.69, 9.17) is 4.52 Å². The van der Waals surface area contributed by atoms with Gasteiger partial charge in [0.25, 0.3) is 0 Å². The van der Waals surface area contributed by atoms with Gasteiger partial charge in [-0.15, -0.1) is 0 Å². The average Bonchev–Trinajstić information content (AvgIpc) is 2.88. The Morgan fingerprint density at radius 3 is 2.50 bits per heavy atom. The molecule has 1 amide bonds. The number of aromatic nitrogens is 2. The lowest BCUT2D eigenvalue weighted by Crippen LogP contribution is -2.38. The van der Waals surface area contributed by atoms with E-state index in [-0.39, 0.29) is 12.5 Å². The predicted molar refractivity (Wildman–Crippen MR) is 95.7 cm³/mol. The molecule has 26 heavy (non-hydrogen) atoms. The summed E-state index contributed by atoms with van der Waals surface area (Å²) in [7, 11) is -3.45. The van der Waals surface area contributed by atoms with Crippen molar-refractivity contribution in [3.63, 3.8) is 0 Å². The summed E-state index contributed by atoms with van der Waals surface area (Å²) in [5.41, 5.74) is 0. The fourth-order valence-corrected chi connectivity index (χ4v) is 5.09. The summed E-state index contributed by atoms with van der Waals surface area (Å²) in [4.78, 5) is 18.7. The zero-order chi connectivity index (χ0) is 18.7. The maximum Gasteiger partial charge on any atom is 0.245 e. The van der Waals surface area contributed by atoms with Crippen LogP contribution in [-0.2, 0) is 14.8 Å². The van der Waals surface area contributed by atoms with Crippen LogP contribution in [0.5, 0.6) is 0 Å². The highest BCUT2D eigenvalue weighted by atomic mass is 32.2. The van der Waals surface area contributed by atoms with Gasteiger partial charge in [0.2, 0.25) is 21.8 Å². The molecule has 2 aliphatic rings. The molecule has 1 saturated carbocycles. The van der Waals surface area contributed by atoms with Gasteiger partial charge in [0, 0.05) is 26.1 Å². The third-order valence-corrected chi connectivity index (χ3v) is 6.69. The zero-order valence-electron chi connectivity index (χ0n) is 15.6. The van der Waals surface area contributed by atoms with Crippen molar-refractivity contribution in [2.24, 2.45) is 5.92 Å². The summed E-state index contributed by atoms with van der Waals surface area (Å²) >= 11 is 0. The highest BCUT2D eigenvalue weighted by molar-refractivity contribution is 7.88. The minimum absolute atomic E-state index is 0.132. The first-order chi connectivity index (χ1) is 12.3. The molecule has 0 aromatic carbocycles. The van der Waals surface area contributed by atoms with Gasteiger partial charge in [-0.3, -0.25) is 4.79 Å². The fourth-order valence-electron chi connectivity index (χ4n) is 4.02. The van der Waals surface area contributed by atoms with Crippen molar-refractivity contribution in [1.29, 1.82) is 0 Å². The molecular formula is C17H28N4O4S. The number of rotatable bonds is 4. The summed E-state index contributed by atoms with van der Waals surface area (Å²) in [6, 6.07) is -0.515. The van der Waals surface area contributed by atoms with E-state index in [0.717, 1.165) is 12.8 Å². The summed E-state index contributed by atoms with van der Waals surface area (Å²) in [6.45, 7) is 2.86. The topological polar surface area (TPSA) is 96.6 Å². The van der Waals surface area contributed by atoms with Gasteiger partial charge in [-0.05, 0) is 32.1 Å². The summed E-state index contributed by atoms with van der Waals surface area (Å²) < 4.78 is 31.1. The van der Waals surface area contributed by atoms with E-state index < -0.39 is 16.1 Å². The lowest BCUT2D eigenvalue weighted by atomic mass is 9.86. The van der Waals surface area contributed by atoms with Crippen LogP contribution in [0.2, 0.25) is 0 Å². The van der Waals surface area contributed by atoms with Crippen molar-refractivity contribution in [2.75, 3.05) is 25.9 Å². The van der Waals surface area contributed by atoms with Crippen LogP contribution in [0.15, 0.2) is 4.52 Å². The van der Waals surface area contributed by atoms with Crippen LogP contribution in [0.4, 0.5) is 0 Å². The molecule has 8 nitrogen and oxygen atoms in total. The van der Waals surface area contributed by atoms with Crippen LogP contribution in [0.1, 0.15) is 62.7 Å². The van der Waals surface area contributed by atoms with Crippen LogP contribution in [0.3, 0.4) is 0 Å².